The number of rotatable bonds is 2. The quantitative estimate of drug-likeness (QED) is 0.697. The Kier molecular flexibility index (Phi) is 3.09. The van der Waals surface area contributed by atoms with Crippen molar-refractivity contribution in [1.29, 1.82) is 0 Å². The van der Waals surface area contributed by atoms with E-state index in [1.54, 1.807) is 6.92 Å². The first-order valence-electron chi connectivity index (χ1n) is 4.73. The van der Waals surface area contributed by atoms with Crippen molar-refractivity contribution in [3.8, 4) is 0 Å². The van der Waals surface area contributed by atoms with Gasteiger partial charge in [-0.1, -0.05) is 0 Å². The van der Waals surface area contributed by atoms with Crippen LogP contribution in [0.2, 0.25) is 0 Å². The van der Waals surface area contributed by atoms with Gasteiger partial charge >= 0.3 is 5.97 Å². The summed E-state index contributed by atoms with van der Waals surface area (Å²) >= 11 is 0. The van der Waals surface area contributed by atoms with Crippen LogP contribution in [0.15, 0.2) is 0 Å². The minimum Gasteiger partial charge on any atom is -0.465 e. The maximum absolute atomic E-state index is 12.8. The van der Waals surface area contributed by atoms with Gasteiger partial charge in [-0.25, -0.2) is 8.78 Å². The van der Waals surface area contributed by atoms with E-state index >= 15 is 0 Å². The largest absolute Gasteiger partial charge is 0.465 e. The smallest absolute Gasteiger partial charge is 0.326 e. The Morgan fingerprint density at radius 3 is 2.29 bits per heavy atom. The highest BCUT2D eigenvalue weighted by Gasteiger charge is 2.46. The molecule has 0 bridgehead atoms. The average molecular weight is 207 g/mol. The van der Waals surface area contributed by atoms with Gasteiger partial charge in [0, 0.05) is 12.8 Å². The van der Waals surface area contributed by atoms with Gasteiger partial charge in [0.25, 0.3) is 0 Å². The van der Waals surface area contributed by atoms with Gasteiger partial charge in [-0.2, -0.15) is 0 Å². The Hall–Kier alpha value is -0.710. The molecule has 0 unspecified atom stereocenters. The van der Waals surface area contributed by atoms with E-state index in [-0.39, 0.29) is 32.3 Å². The van der Waals surface area contributed by atoms with Crippen molar-refractivity contribution < 1.29 is 18.3 Å². The summed E-state index contributed by atoms with van der Waals surface area (Å²) in [6, 6.07) is 0. The van der Waals surface area contributed by atoms with Crippen molar-refractivity contribution in [2.45, 2.75) is 44.1 Å². The number of halogens is 2. The molecule has 0 saturated heterocycles. The van der Waals surface area contributed by atoms with E-state index in [0.717, 1.165) is 0 Å². The SMILES string of the molecule is CCOC(=O)C1(N)CCC(F)(F)CC1. The average Bonchev–Trinajstić information content (AvgIpc) is 2.11. The first-order chi connectivity index (χ1) is 6.40. The summed E-state index contributed by atoms with van der Waals surface area (Å²) < 4.78 is 30.3. The molecule has 3 nitrogen and oxygen atoms in total. The monoisotopic (exact) mass is 207 g/mol. The van der Waals surface area contributed by atoms with Crippen molar-refractivity contribution in [2.24, 2.45) is 5.73 Å². The van der Waals surface area contributed by atoms with Crippen molar-refractivity contribution in [3.63, 3.8) is 0 Å². The summed E-state index contributed by atoms with van der Waals surface area (Å²) in [5.74, 6) is -3.23. The molecule has 1 aliphatic carbocycles. The summed E-state index contributed by atoms with van der Waals surface area (Å²) in [5.41, 5.74) is 4.51. The first kappa shape index (κ1) is 11.4. The van der Waals surface area contributed by atoms with Gasteiger partial charge in [-0.05, 0) is 19.8 Å². The Morgan fingerprint density at radius 2 is 1.86 bits per heavy atom. The molecule has 1 saturated carbocycles. The maximum Gasteiger partial charge on any atom is 0.326 e. The summed E-state index contributed by atoms with van der Waals surface area (Å²) in [7, 11) is 0. The molecule has 1 aliphatic rings. The van der Waals surface area contributed by atoms with E-state index in [0.29, 0.717) is 0 Å². The van der Waals surface area contributed by atoms with Crippen LogP contribution in [0.5, 0.6) is 0 Å². The van der Waals surface area contributed by atoms with Crippen LogP contribution in [-0.2, 0) is 9.53 Å². The molecular formula is C9H15F2NO2. The standard InChI is InChI=1S/C9H15F2NO2/c1-2-14-7(13)8(12)3-5-9(10,11)6-4-8/h2-6,12H2,1H3. The molecule has 0 aromatic rings. The van der Waals surface area contributed by atoms with Crippen LogP contribution < -0.4 is 5.73 Å². The zero-order valence-electron chi connectivity index (χ0n) is 8.19. The lowest BCUT2D eigenvalue weighted by atomic mass is 9.81. The van der Waals surface area contributed by atoms with Crippen LogP contribution in [0.1, 0.15) is 32.6 Å². The molecule has 1 rings (SSSR count). The third kappa shape index (κ3) is 2.41. The lowest BCUT2D eigenvalue weighted by molar-refractivity contribution is -0.154. The van der Waals surface area contributed by atoms with Crippen molar-refractivity contribution in [3.05, 3.63) is 0 Å². The topological polar surface area (TPSA) is 52.3 Å². The number of hydrogen-bond acceptors (Lipinski definition) is 3. The fourth-order valence-corrected chi connectivity index (χ4v) is 1.54. The first-order valence-corrected chi connectivity index (χ1v) is 4.73. The van der Waals surface area contributed by atoms with Gasteiger partial charge in [-0.15, -0.1) is 0 Å². The maximum atomic E-state index is 12.8. The van der Waals surface area contributed by atoms with Crippen molar-refractivity contribution in [2.75, 3.05) is 6.61 Å². The summed E-state index contributed by atoms with van der Waals surface area (Å²) in [4.78, 5) is 11.3. The van der Waals surface area contributed by atoms with Gasteiger partial charge in [0.2, 0.25) is 5.92 Å². The third-order valence-electron chi connectivity index (χ3n) is 2.56. The second kappa shape index (κ2) is 3.81. The molecule has 0 radical (unpaired) electrons. The van der Waals surface area contributed by atoms with Gasteiger partial charge < -0.3 is 10.5 Å². The fourth-order valence-electron chi connectivity index (χ4n) is 1.54. The molecule has 1 fully saturated rings. The van der Waals surface area contributed by atoms with Gasteiger partial charge in [0.1, 0.15) is 5.54 Å². The van der Waals surface area contributed by atoms with Crippen molar-refractivity contribution in [1.82, 2.24) is 0 Å². The Bertz CT molecular complexity index is 221. The molecule has 0 heterocycles. The van der Waals surface area contributed by atoms with Crippen LogP contribution >= 0.6 is 0 Å². The number of hydrogen-bond donors (Lipinski definition) is 1. The molecule has 0 amide bonds. The number of nitrogens with two attached hydrogens (primary N) is 1. The highest BCUT2D eigenvalue weighted by atomic mass is 19.3. The number of carbonyl (C=O) groups excluding carboxylic acids is 1. The van der Waals surface area contributed by atoms with E-state index < -0.39 is 17.4 Å². The second-order valence-electron chi connectivity index (χ2n) is 3.73. The minimum atomic E-state index is -2.67. The number of carbonyl (C=O) groups is 1. The Balaban J connectivity index is 2.57. The predicted molar refractivity (Wildman–Crippen MR) is 47.0 cm³/mol. The summed E-state index contributed by atoms with van der Waals surface area (Å²) in [6.07, 6.45) is -0.664. The molecule has 5 heteroatoms. The van der Waals surface area contributed by atoms with Gasteiger partial charge in [-0.3, -0.25) is 4.79 Å². The number of esters is 1. The molecule has 0 aliphatic heterocycles. The second-order valence-corrected chi connectivity index (χ2v) is 3.73. The van der Waals surface area contributed by atoms with Crippen LogP contribution in [0.4, 0.5) is 8.78 Å². The fraction of sp³-hybridized carbons (Fsp3) is 0.889. The van der Waals surface area contributed by atoms with Crippen LogP contribution in [0.25, 0.3) is 0 Å². The molecule has 0 aromatic carbocycles. The van der Waals surface area contributed by atoms with Gasteiger partial charge in [0.15, 0.2) is 0 Å². The van der Waals surface area contributed by atoms with E-state index in [1.165, 1.54) is 0 Å². The van der Waals surface area contributed by atoms with Crippen LogP contribution in [0.3, 0.4) is 0 Å². The summed E-state index contributed by atoms with van der Waals surface area (Å²) in [6.45, 7) is 1.90. The van der Waals surface area contributed by atoms with Crippen LogP contribution in [-0.4, -0.2) is 24.0 Å². The molecule has 14 heavy (non-hydrogen) atoms. The van der Waals surface area contributed by atoms with Crippen LogP contribution in [0, 0.1) is 0 Å². The molecular weight excluding hydrogens is 192 g/mol. The Labute approximate surface area is 81.6 Å². The highest BCUT2D eigenvalue weighted by Crippen LogP contribution is 2.37. The molecule has 0 aromatic heterocycles. The zero-order chi connectivity index (χ0) is 10.8. The molecule has 0 atom stereocenters. The summed E-state index contributed by atoms with van der Waals surface area (Å²) in [5, 5.41) is 0. The lowest BCUT2D eigenvalue weighted by Gasteiger charge is -2.34. The normalized spacial score (nSPS) is 24.3. The predicted octanol–water partition coefficient (Wildman–Crippen LogP) is 1.46. The number of ether oxygens (including phenoxy) is 1. The lowest BCUT2D eigenvalue weighted by Crippen LogP contribution is -2.53. The van der Waals surface area contributed by atoms with E-state index in [1.807, 2.05) is 0 Å². The van der Waals surface area contributed by atoms with E-state index in [9.17, 15) is 13.6 Å². The molecule has 2 N–H and O–H groups in total. The van der Waals surface area contributed by atoms with Crippen molar-refractivity contribution >= 4 is 5.97 Å². The van der Waals surface area contributed by atoms with E-state index in [2.05, 4.69) is 0 Å². The minimum absolute atomic E-state index is 0.00116. The molecule has 82 valence electrons. The Morgan fingerprint density at radius 1 is 1.36 bits per heavy atom. The highest BCUT2D eigenvalue weighted by molar-refractivity contribution is 5.80. The molecule has 0 spiro atoms. The van der Waals surface area contributed by atoms with Gasteiger partial charge in [0.05, 0.1) is 6.61 Å². The zero-order valence-corrected chi connectivity index (χ0v) is 8.19. The third-order valence-corrected chi connectivity index (χ3v) is 2.56. The van der Waals surface area contributed by atoms with E-state index in [4.69, 9.17) is 10.5 Å². The number of alkyl halides is 2.